The quantitative estimate of drug-likeness (QED) is 0.607. The van der Waals surface area contributed by atoms with Crippen LogP contribution in [0.2, 0.25) is 0 Å². The maximum absolute atomic E-state index is 13.4. The first-order valence-electron chi connectivity index (χ1n) is 11.3. The molecule has 0 radical (unpaired) electrons. The van der Waals surface area contributed by atoms with Gasteiger partial charge in [-0.25, -0.2) is 4.98 Å². The SMILES string of the molecule is O=C(c1ccccc1-n1cnnn1)N1CCCC(CN2CCN(c3ccccn3)CC2)C1. The van der Waals surface area contributed by atoms with Gasteiger partial charge < -0.3 is 9.80 Å². The standard InChI is InChI=1S/C23H28N8O/c32-23(20-7-1-2-8-21(20)31-18-25-26-27-31)30-11-5-6-19(17-30)16-28-12-14-29(15-13-28)22-9-3-4-10-24-22/h1-4,7-10,18-19H,5-6,11-17H2. The lowest BCUT2D eigenvalue weighted by molar-refractivity contribution is 0.0637. The van der Waals surface area contributed by atoms with Gasteiger partial charge in [0.05, 0.1) is 11.3 Å². The van der Waals surface area contributed by atoms with Gasteiger partial charge in [0.15, 0.2) is 0 Å². The van der Waals surface area contributed by atoms with Crippen molar-refractivity contribution in [3.05, 3.63) is 60.6 Å². The molecule has 2 saturated heterocycles. The van der Waals surface area contributed by atoms with Gasteiger partial charge in [-0.05, 0) is 53.5 Å². The van der Waals surface area contributed by atoms with Crippen molar-refractivity contribution in [2.45, 2.75) is 12.8 Å². The molecular weight excluding hydrogens is 404 g/mol. The van der Waals surface area contributed by atoms with Gasteiger partial charge in [0.25, 0.3) is 5.91 Å². The van der Waals surface area contributed by atoms with Gasteiger partial charge in [-0.2, -0.15) is 4.68 Å². The highest BCUT2D eigenvalue weighted by molar-refractivity contribution is 5.97. The Balaban J connectivity index is 1.19. The van der Waals surface area contributed by atoms with E-state index in [0.29, 0.717) is 11.5 Å². The molecule has 2 aliphatic rings. The van der Waals surface area contributed by atoms with E-state index >= 15 is 0 Å². The molecule has 0 bridgehead atoms. The first kappa shape index (κ1) is 20.6. The average molecular weight is 433 g/mol. The summed E-state index contributed by atoms with van der Waals surface area (Å²) in [6.07, 6.45) is 5.58. The fourth-order valence-corrected chi connectivity index (χ4v) is 4.76. The molecule has 4 heterocycles. The van der Waals surface area contributed by atoms with Gasteiger partial charge >= 0.3 is 0 Å². The second-order valence-corrected chi connectivity index (χ2v) is 8.51. The first-order chi connectivity index (χ1) is 15.8. The Morgan fingerprint density at radius 1 is 1.00 bits per heavy atom. The molecule has 0 saturated carbocycles. The molecule has 2 fully saturated rings. The number of piperidine rings is 1. The Labute approximate surface area is 187 Å². The summed E-state index contributed by atoms with van der Waals surface area (Å²) < 4.78 is 1.55. The molecule has 3 aromatic rings. The Morgan fingerprint density at radius 2 is 1.84 bits per heavy atom. The molecule has 0 N–H and O–H groups in total. The second kappa shape index (κ2) is 9.44. The summed E-state index contributed by atoms with van der Waals surface area (Å²) in [6, 6.07) is 13.6. The van der Waals surface area contributed by atoms with Gasteiger partial charge in [0, 0.05) is 52.0 Å². The molecule has 2 aromatic heterocycles. The van der Waals surface area contributed by atoms with E-state index in [1.165, 1.54) is 12.7 Å². The smallest absolute Gasteiger partial charge is 0.256 e. The number of tetrazole rings is 1. The van der Waals surface area contributed by atoms with Crippen molar-refractivity contribution in [2.24, 2.45) is 5.92 Å². The molecule has 1 atom stereocenters. The van der Waals surface area contributed by atoms with Crippen LogP contribution >= 0.6 is 0 Å². The van der Waals surface area contributed by atoms with Crippen molar-refractivity contribution in [1.29, 1.82) is 0 Å². The molecule has 9 nitrogen and oxygen atoms in total. The van der Waals surface area contributed by atoms with Crippen LogP contribution in [0.4, 0.5) is 5.82 Å². The zero-order chi connectivity index (χ0) is 21.8. The van der Waals surface area contributed by atoms with E-state index in [4.69, 9.17) is 0 Å². The Bertz CT molecular complexity index is 1020. The van der Waals surface area contributed by atoms with Crippen LogP contribution in [-0.2, 0) is 0 Å². The monoisotopic (exact) mass is 432 g/mol. The number of nitrogens with zero attached hydrogens (tertiary/aromatic N) is 8. The van der Waals surface area contributed by atoms with Crippen LogP contribution in [0, 0.1) is 5.92 Å². The maximum Gasteiger partial charge on any atom is 0.256 e. The van der Waals surface area contributed by atoms with Crippen LogP contribution in [0.5, 0.6) is 0 Å². The molecule has 9 heteroatoms. The number of carbonyl (C=O) groups excluding carboxylic acids is 1. The summed E-state index contributed by atoms with van der Waals surface area (Å²) in [5.74, 6) is 1.61. The predicted octanol–water partition coefficient (Wildman–Crippen LogP) is 1.73. The topological polar surface area (TPSA) is 83.3 Å². The highest BCUT2D eigenvalue weighted by Crippen LogP contribution is 2.23. The number of likely N-dealkylation sites (tertiary alicyclic amines) is 1. The van der Waals surface area contributed by atoms with Gasteiger partial charge in [0.1, 0.15) is 12.1 Å². The first-order valence-corrected chi connectivity index (χ1v) is 11.3. The van der Waals surface area contributed by atoms with Crippen LogP contribution in [0.25, 0.3) is 5.69 Å². The van der Waals surface area contributed by atoms with Crippen molar-refractivity contribution < 1.29 is 4.79 Å². The summed E-state index contributed by atoms with van der Waals surface area (Å²) >= 11 is 0. The number of hydrogen-bond donors (Lipinski definition) is 0. The average Bonchev–Trinajstić information content (AvgIpc) is 3.40. The number of hydrogen-bond acceptors (Lipinski definition) is 7. The zero-order valence-electron chi connectivity index (χ0n) is 18.1. The number of para-hydroxylation sites is 1. The van der Waals surface area contributed by atoms with Crippen LogP contribution in [0.1, 0.15) is 23.2 Å². The maximum atomic E-state index is 13.4. The van der Waals surface area contributed by atoms with E-state index < -0.39 is 0 Å². The minimum absolute atomic E-state index is 0.0563. The van der Waals surface area contributed by atoms with Crippen molar-refractivity contribution in [3.8, 4) is 5.69 Å². The fraction of sp³-hybridized carbons (Fsp3) is 0.435. The van der Waals surface area contributed by atoms with E-state index in [2.05, 4.69) is 36.4 Å². The number of piperazine rings is 1. The van der Waals surface area contributed by atoms with E-state index in [0.717, 1.165) is 63.7 Å². The van der Waals surface area contributed by atoms with Crippen LogP contribution in [0.3, 0.4) is 0 Å². The van der Waals surface area contributed by atoms with Crippen LogP contribution in [0.15, 0.2) is 55.0 Å². The molecule has 1 unspecified atom stereocenters. The lowest BCUT2D eigenvalue weighted by Crippen LogP contribution is -2.50. The van der Waals surface area contributed by atoms with Gasteiger partial charge in [-0.3, -0.25) is 9.69 Å². The third-order valence-corrected chi connectivity index (χ3v) is 6.40. The number of anilines is 1. The number of rotatable bonds is 5. The predicted molar refractivity (Wildman–Crippen MR) is 121 cm³/mol. The number of carbonyl (C=O) groups is 1. The summed E-state index contributed by atoms with van der Waals surface area (Å²) in [5, 5.41) is 11.4. The Morgan fingerprint density at radius 3 is 2.62 bits per heavy atom. The van der Waals surface area contributed by atoms with Crippen molar-refractivity contribution in [1.82, 2.24) is 35.0 Å². The number of amides is 1. The lowest BCUT2D eigenvalue weighted by Gasteiger charge is -2.39. The van der Waals surface area contributed by atoms with Crippen molar-refractivity contribution in [3.63, 3.8) is 0 Å². The molecule has 5 rings (SSSR count). The molecule has 1 aromatic carbocycles. The lowest BCUT2D eigenvalue weighted by atomic mass is 9.96. The second-order valence-electron chi connectivity index (χ2n) is 8.51. The summed E-state index contributed by atoms with van der Waals surface area (Å²) in [4.78, 5) is 24.7. The Kier molecular flexibility index (Phi) is 6.06. The third-order valence-electron chi connectivity index (χ3n) is 6.40. The molecule has 166 valence electrons. The largest absolute Gasteiger partial charge is 0.354 e. The molecule has 0 spiro atoms. The summed E-state index contributed by atoms with van der Waals surface area (Å²) in [6.45, 7) is 6.67. The van der Waals surface area contributed by atoms with Gasteiger partial charge in [0.2, 0.25) is 0 Å². The number of benzene rings is 1. The van der Waals surface area contributed by atoms with E-state index in [1.807, 2.05) is 47.5 Å². The van der Waals surface area contributed by atoms with E-state index in [-0.39, 0.29) is 5.91 Å². The number of pyridine rings is 1. The zero-order valence-corrected chi connectivity index (χ0v) is 18.1. The number of aromatic nitrogens is 5. The molecular formula is C23H28N8O. The van der Waals surface area contributed by atoms with Crippen molar-refractivity contribution >= 4 is 11.7 Å². The van der Waals surface area contributed by atoms with Gasteiger partial charge in [-0.15, -0.1) is 5.10 Å². The molecule has 0 aliphatic carbocycles. The molecule has 2 aliphatic heterocycles. The highest BCUT2D eigenvalue weighted by Gasteiger charge is 2.28. The molecule has 32 heavy (non-hydrogen) atoms. The van der Waals surface area contributed by atoms with E-state index in [9.17, 15) is 4.79 Å². The minimum Gasteiger partial charge on any atom is -0.354 e. The van der Waals surface area contributed by atoms with Crippen molar-refractivity contribution in [2.75, 3.05) is 50.7 Å². The van der Waals surface area contributed by atoms with E-state index in [1.54, 1.807) is 4.68 Å². The summed E-state index contributed by atoms with van der Waals surface area (Å²) in [7, 11) is 0. The Hall–Kier alpha value is -3.33. The molecule has 1 amide bonds. The fourth-order valence-electron chi connectivity index (χ4n) is 4.76. The van der Waals surface area contributed by atoms with Crippen LogP contribution < -0.4 is 4.90 Å². The minimum atomic E-state index is 0.0563. The van der Waals surface area contributed by atoms with Crippen LogP contribution in [-0.4, -0.2) is 86.7 Å². The summed E-state index contributed by atoms with van der Waals surface area (Å²) in [5.41, 5.74) is 1.36. The van der Waals surface area contributed by atoms with Gasteiger partial charge in [-0.1, -0.05) is 18.2 Å². The normalized spacial score (nSPS) is 19.8. The third kappa shape index (κ3) is 4.47. The highest BCUT2D eigenvalue weighted by atomic mass is 16.2.